The van der Waals surface area contributed by atoms with E-state index < -0.39 is 23.9 Å². The van der Waals surface area contributed by atoms with Gasteiger partial charge in [-0.1, -0.05) is 0 Å². The summed E-state index contributed by atoms with van der Waals surface area (Å²) in [5.74, 6) is -1.80. The SMILES string of the molecule is CN(C)CCNC(=O)N[C@@H](CCC(N)=O)C(=O)O. The molecule has 0 bridgehead atoms. The van der Waals surface area contributed by atoms with Crippen molar-refractivity contribution >= 4 is 17.9 Å². The molecule has 104 valence electrons. The van der Waals surface area contributed by atoms with Crippen LogP contribution in [0.5, 0.6) is 0 Å². The molecular formula is C10H20N4O4. The summed E-state index contributed by atoms with van der Waals surface area (Å²) in [5.41, 5.74) is 4.92. The minimum absolute atomic E-state index is 0.0221. The lowest BCUT2D eigenvalue weighted by Gasteiger charge is -2.15. The van der Waals surface area contributed by atoms with Crippen molar-refractivity contribution in [3.8, 4) is 0 Å². The van der Waals surface area contributed by atoms with Gasteiger partial charge in [0.15, 0.2) is 0 Å². The number of hydrogen-bond donors (Lipinski definition) is 4. The van der Waals surface area contributed by atoms with Crippen LogP contribution in [0.25, 0.3) is 0 Å². The van der Waals surface area contributed by atoms with E-state index >= 15 is 0 Å². The largest absolute Gasteiger partial charge is 0.480 e. The zero-order valence-electron chi connectivity index (χ0n) is 10.6. The number of nitrogens with one attached hydrogen (secondary N) is 2. The minimum atomic E-state index is -1.20. The maximum Gasteiger partial charge on any atom is 0.326 e. The number of urea groups is 1. The van der Waals surface area contributed by atoms with Gasteiger partial charge in [0.1, 0.15) is 6.04 Å². The second-order valence-electron chi connectivity index (χ2n) is 4.10. The van der Waals surface area contributed by atoms with E-state index in [1.807, 2.05) is 19.0 Å². The second-order valence-corrected chi connectivity index (χ2v) is 4.10. The number of amides is 3. The van der Waals surface area contributed by atoms with E-state index in [2.05, 4.69) is 10.6 Å². The topological polar surface area (TPSA) is 125 Å². The third-order valence-corrected chi connectivity index (χ3v) is 2.13. The number of carboxylic acids is 1. The number of primary amides is 1. The van der Waals surface area contributed by atoms with Gasteiger partial charge in [0.25, 0.3) is 0 Å². The standard InChI is InChI=1S/C10H20N4O4/c1-14(2)6-5-12-10(18)13-7(9(16)17)3-4-8(11)15/h7H,3-6H2,1-2H3,(H2,11,15)(H,16,17)(H2,12,13,18)/t7-/m0/s1. The summed E-state index contributed by atoms with van der Waals surface area (Å²) in [7, 11) is 3.71. The van der Waals surface area contributed by atoms with Gasteiger partial charge < -0.3 is 26.4 Å². The van der Waals surface area contributed by atoms with Crippen LogP contribution in [0.15, 0.2) is 0 Å². The van der Waals surface area contributed by atoms with Crippen molar-refractivity contribution in [2.24, 2.45) is 5.73 Å². The minimum Gasteiger partial charge on any atom is -0.480 e. The first-order chi connectivity index (χ1) is 8.32. The van der Waals surface area contributed by atoms with Crippen molar-refractivity contribution in [3.05, 3.63) is 0 Å². The molecular weight excluding hydrogens is 240 g/mol. The van der Waals surface area contributed by atoms with Crippen molar-refractivity contribution in [1.82, 2.24) is 15.5 Å². The van der Waals surface area contributed by atoms with E-state index in [9.17, 15) is 14.4 Å². The predicted octanol–water partition coefficient (Wildman–Crippen LogP) is -1.43. The second kappa shape index (κ2) is 8.29. The first-order valence-electron chi connectivity index (χ1n) is 5.53. The number of carbonyl (C=O) groups excluding carboxylic acids is 2. The molecule has 0 aromatic heterocycles. The molecule has 5 N–H and O–H groups in total. The fraction of sp³-hybridized carbons (Fsp3) is 0.700. The van der Waals surface area contributed by atoms with Gasteiger partial charge in [-0.25, -0.2) is 9.59 Å². The van der Waals surface area contributed by atoms with Crippen molar-refractivity contribution in [2.75, 3.05) is 27.2 Å². The summed E-state index contributed by atoms with van der Waals surface area (Å²) in [6.45, 7) is 1.05. The average molecular weight is 260 g/mol. The number of carbonyl (C=O) groups is 3. The lowest BCUT2D eigenvalue weighted by Crippen LogP contribution is -2.47. The molecule has 1 atom stereocenters. The van der Waals surface area contributed by atoms with E-state index in [0.717, 1.165) is 0 Å². The average Bonchev–Trinajstić information content (AvgIpc) is 2.22. The highest BCUT2D eigenvalue weighted by Gasteiger charge is 2.20. The zero-order valence-corrected chi connectivity index (χ0v) is 10.6. The highest BCUT2D eigenvalue weighted by Crippen LogP contribution is 1.97. The predicted molar refractivity (Wildman–Crippen MR) is 64.9 cm³/mol. The summed E-state index contributed by atoms with van der Waals surface area (Å²) in [5, 5.41) is 13.6. The molecule has 0 spiro atoms. The smallest absolute Gasteiger partial charge is 0.326 e. The van der Waals surface area contributed by atoms with Gasteiger partial charge in [0, 0.05) is 19.5 Å². The molecule has 0 fully saturated rings. The molecule has 18 heavy (non-hydrogen) atoms. The lowest BCUT2D eigenvalue weighted by molar-refractivity contribution is -0.139. The molecule has 0 aliphatic rings. The van der Waals surface area contributed by atoms with Crippen molar-refractivity contribution in [1.29, 1.82) is 0 Å². The fourth-order valence-corrected chi connectivity index (χ4v) is 1.15. The van der Waals surface area contributed by atoms with Gasteiger partial charge in [-0.05, 0) is 20.5 Å². The van der Waals surface area contributed by atoms with Crippen LogP contribution in [0, 0.1) is 0 Å². The van der Waals surface area contributed by atoms with E-state index in [0.29, 0.717) is 13.1 Å². The Kier molecular flexibility index (Phi) is 7.45. The number of likely N-dealkylation sites (N-methyl/N-ethyl adjacent to an activating group) is 1. The van der Waals surface area contributed by atoms with E-state index in [4.69, 9.17) is 10.8 Å². The van der Waals surface area contributed by atoms with Gasteiger partial charge >= 0.3 is 12.0 Å². The Labute approximate surface area is 106 Å². The van der Waals surface area contributed by atoms with Crippen LogP contribution in [-0.2, 0) is 9.59 Å². The molecule has 8 heteroatoms. The number of hydrogen-bond acceptors (Lipinski definition) is 4. The zero-order chi connectivity index (χ0) is 14.1. The molecule has 3 amide bonds. The summed E-state index contributed by atoms with van der Waals surface area (Å²) in [6.07, 6.45) is -0.110. The fourth-order valence-electron chi connectivity index (χ4n) is 1.15. The molecule has 8 nitrogen and oxygen atoms in total. The summed E-state index contributed by atoms with van der Waals surface area (Å²) >= 11 is 0. The number of carboxylic acid groups (broad SMARTS) is 1. The Morgan fingerprint density at radius 3 is 2.39 bits per heavy atom. The third kappa shape index (κ3) is 8.34. The van der Waals surface area contributed by atoms with E-state index in [-0.39, 0.29) is 12.8 Å². The Hall–Kier alpha value is -1.83. The van der Waals surface area contributed by atoms with Gasteiger partial charge in [-0.2, -0.15) is 0 Å². The molecule has 0 unspecified atom stereocenters. The number of aliphatic carboxylic acids is 1. The highest BCUT2D eigenvalue weighted by molar-refractivity contribution is 5.83. The maximum atomic E-state index is 11.4. The van der Waals surface area contributed by atoms with Crippen molar-refractivity contribution in [3.63, 3.8) is 0 Å². The van der Waals surface area contributed by atoms with Gasteiger partial charge in [-0.3, -0.25) is 4.79 Å². The van der Waals surface area contributed by atoms with Crippen LogP contribution in [0.2, 0.25) is 0 Å². The van der Waals surface area contributed by atoms with E-state index in [1.165, 1.54) is 0 Å². The number of nitrogens with zero attached hydrogens (tertiary/aromatic N) is 1. The lowest BCUT2D eigenvalue weighted by atomic mass is 10.1. The molecule has 0 radical (unpaired) electrons. The molecule has 0 aromatic rings. The molecule has 0 saturated carbocycles. The normalized spacial score (nSPS) is 11.9. The first kappa shape index (κ1) is 16.2. The van der Waals surface area contributed by atoms with E-state index in [1.54, 1.807) is 0 Å². The third-order valence-electron chi connectivity index (χ3n) is 2.13. The summed E-state index contributed by atoms with van der Waals surface area (Å²) < 4.78 is 0. The van der Waals surface area contributed by atoms with Gasteiger partial charge in [0.2, 0.25) is 5.91 Å². The summed E-state index contributed by atoms with van der Waals surface area (Å²) in [6, 6.07) is -1.69. The monoisotopic (exact) mass is 260 g/mol. The van der Waals surface area contributed by atoms with Crippen molar-refractivity contribution in [2.45, 2.75) is 18.9 Å². The molecule has 0 aliphatic carbocycles. The Balaban J connectivity index is 4.04. The molecule has 0 aliphatic heterocycles. The number of nitrogens with two attached hydrogens (primary N) is 1. The van der Waals surface area contributed by atoms with Crippen molar-refractivity contribution < 1.29 is 19.5 Å². The van der Waals surface area contributed by atoms with Crippen LogP contribution in [0.4, 0.5) is 4.79 Å². The van der Waals surface area contributed by atoms with Gasteiger partial charge in [0.05, 0.1) is 0 Å². The molecule has 0 aromatic carbocycles. The number of rotatable bonds is 8. The van der Waals surface area contributed by atoms with Crippen LogP contribution >= 0.6 is 0 Å². The van der Waals surface area contributed by atoms with Gasteiger partial charge in [-0.15, -0.1) is 0 Å². The maximum absolute atomic E-state index is 11.4. The first-order valence-corrected chi connectivity index (χ1v) is 5.53. The van der Waals surface area contributed by atoms with Crippen LogP contribution < -0.4 is 16.4 Å². The summed E-state index contributed by atoms with van der Waals surface area (Å²) in [4.78, 5) is 34.6. The molecule has 0 rings (SSSR count). The van der Waals surface area contributed by atoms with Crippen LogP contribution in [0.3, 0.4) is 0 Å². The molecule has 0 saturated heterocycles. The Morgan fingerprint density at radius 2 is 1.94 bits per heavy atom. The van der Waals surface area contributed by atoms with Crippen LogP contribution in [-0.4, -0.2) is 61.1 Å². The highest BCUT2D eigenvalue weighted by atomic mass is 16.4. The Bertz CT molecular complexity index is 306. The molecule has 0 heterocycles. The van der Waals surface area contributed by atoms with Crippen LogP contribution in [0.1, 0.15) is 12.8 Å². The Morgan fingerprint density at radius 1 is 1.33 bits per heavy atom. The quantitative estimate of drug-likeness (QED) is 0.425.